The van der Waals surface area contributed by atoms with Crippen molar-refractivity contribution in [3.8, 4) is 0 Å². The van der Waals surface area contributed by atoms with Crippen LogP contribution < -0.4 is 10.6 Å². The standard InChI is InChI=1S/C12H18N4O.3ClH/c17-12(10-16-6-4-13-5-7-16)15-9-11-2-1-3-14-8-11;;;/h1-3,8,13H,4-7,9-10H2,(H,15,17);3*1H. The maximum atomic E-state index is 11.7. The van der Waals surface area contributed by atoms with E-state index in [9.17, 15) is 4.79 Å². The fraction of sp³-hybridized carbons (Fsp3) is 0.500. The van der Waals surface area contributed by atoms with Crippen LogP contribution in [0.3, 0.4) is 0 Å². The van der Waals surface area contributed by atoms with Gasteiger partial charge in [0.2, 0.25) is 5.91 Å². The minimum Gasteiger partial charge on any atom is -0.351 e. The predicted molar refractivity (Wildman–Crippen MR) is 87.1 cm³/mol. The van der Waals surface area contributed by atoms with Gasteiger partial charge in [0.1, 0.15) is 0 Å². The Morgan fingerprint density at radius 3 is 2.60 bits per heavy atom. The number of nitrogens with zero attached hydrogens (tertiary/aromatic N) is 2. The summed E-state index contributed by atoms with van der Waals surface area (Å²) >= 11 is 0. The lowest BCUT2D eigenvalue weighted by Gasteiger charge is -2.26. The highest BCUT2D eigenvalue weighted by Crippen LogP contribution is 1.95. The first kappa shape index (κ1) is 21.7. The summed E-state index contributed by atoms with van der Waals surface area (Å²) in [5, 5.41) is 6.17. The van der Waals surface area contributed by atoms with Gasteiger partial charge in [-0.25, -0.2) is 0 Å². The number of halogens is 3. The fourth-order valence-corrected chi connectivity index (χ4v) is 1.83. The Morgan fingerprint density at radius 1 is 1.30 bits per heavy atom. The molecule has 0 spiro atoms. The van der Waals surface area contributed by atoms with E-state index >= 15 is 0 Å². The molecule has 1 aliphatic heterocycles. The maximum Gasteiger partial charge on any atom is 0.234 e. The summed E-state index contributed by atoms with van der Waals surface area (Å²) in [6.07, 6.45) is 3.50. The zero-order valence-electron chi connectivity index (χ0n) is 11.1. The fourth-order valence-electron chi connectivity index (χ4n) is 1.83. The number of hydrogen-bond acceptors (Lipinski definition) is 4. The van der Waals surface area contributed by atoms with E-state index in [1.54, 1.807) is 12.4 Å². The van der Waals surface area contributed by atoms with Crippen LogP contribution in [-0.2, 0) is 11.3 Å². The number of carbonyl (C=O) groups excluding carboxylic acids is 1. The van der Waals surface area contributed by atoms with Crippen molar-refractivity contribution in [3.63, 3.8) is 0 Å². The van der Waals surface area contributed by atoms with Crippen LogP contribution in [0.1, 0.15) is 5.56 Å². The first-order valence-corrected chi connectivity index (χ1v) is 5.93. The largest absolute Gasteiger partial charge is 0.351 e. The molecule has 2 heterocycles. The molecule has 20 heavy (non-hydrogen) atoms. The topological polar surface area (TPSA) is 57.3 Å². The molecule has 116 valence electrons. The Balaban J connectivity index is 0. The summed E-state index contributed by atoms with van der Waals surface area (Å²) in [5.41, 5.74) is 1.03. The second kappa shape index (κ2) is 12.2. The Bertz CT molecular complexity index is 361. The van der Waals surface area contributed by atoms with Crippen LogP contribution in [0.2, 0.25) is 0 Å². The molecule has 1 amide bonds. The molecule has 0 unspecified atom stereocenters. The SMILES string of the molecule is Cl.Cl.Cl.O=C(CN1CCNCC1)NCc1cccnc1. The summed E-state index contributed by atoms with van der Waals surface area (Å²) in [4.78, 5) is 17.9. The van der Waals surface area contributed by atoms with E-state index in [-0.39, 0.29) is 43.1 Å². The van der Waals surface area contributed by atoms with Gasteiger partial charge in [-0.05, 0) is 11.6 Å². The number of carbonyl (C=O) groups is 1. The van der Waals surface area contributed by atoms with Crippen molar-refractivity contribution in [2.45, 2.75) is 6.54 Å². The second-order valence-corrected chi connectivity index (χ2v) is 4.16. The molecule has 1 aliphatic rings. The van der Waals surface area contributed by atoms with E-state index in [2.05, 4.69) is 20.5 Å². The maximum absolute atomic E-state index is 11.7. The van der Waals surface area contributed by atoms with Crippen molar-refractivity contribution >= 4 is 43.1 Å². The van der Waals surface area contributed by atoms with Crippen LogP contribution in [-0.4, -0.2) is 48.5 Å². The molecule has 1 aromatic heterocycles. The Labute approximate surface area is 138 Å². The molecule has 0 radical (unpaired) electrons. The third-order valence-corrected chi connectivity index (χ3v) is 2.79. The average molecular weight is 344 g/mol. The number of amides is 1. The highest BCUT2D eigenvalue weighted by Gasteiger charge is 2.12. The van der Waals surface area contributed by atoms with Gasteiger partial charge in [-0.3, -0.25) is 14.7 Å². The first-order valence-electron chi connectivity index (χ1n) is 5.93. The minimum atomic E-state index is 0. The number of pyridine rings is 1. The molecule has 0 aliphatic carbocycles. The molecule has 8 heteroatoms. The van der Waals surface area contributed by atoms with Crippen molar-refractivity contribution in [1.29, 1.82) is 0 Å². The average Bonchev–Trinajstić information content (AvgIpc) is 2.39. The van der Waals surface area contributed by atoms with Crippen LogP contribution in [0.5, 0.6) is 0 Å². The van der Waals surface area contributed by atoms with Crippen molar-refractivity contribution < 1.29 is 4.79 Å². The van der Waals surface area contributed by atoms with Crippen molar-refractivity contribution in [2.24, 2.45) is 0 Å². The third-order valence-electron chi connectivity index (χ3n) is 2.79. The summed E-state index contributed by atoms with van der Waals surface area (Å²) in [7, 11) is 0. The zero-order chi connectivity index (χ0) is 11.9. The summed E-state index contributed by atoms with van der Waals surface area (Å²) in [5.74, 6) is 0.0794. The highest BCUT2D eigenvalue weighted by molar-refractivity contribution is 5.86. The van der Waals surface area contributed by atoms with Gasteiger partial charge in [0.15, 0.2) is 0 Å². The zero-order valence-corrected chi connectivity index (χ0v) is 13.5. The van der Waals surface area contributed by atoms with Crippen molar-refractivity contribution in [2.75, 3.05) is 32.7 Å². The normalized spacial score (nSPS) is 14.2. The molecule has 0 atom stereocenters. The number of nitrogens with one attached hydrogen (secondary N) is 2. The van der Waals surface area contributed by atoms with Crippen molar-refractivity contribution in [1.82, 2.24) is 20.5 Å². The summed E-state index contributed by atoms with van der Waals surface area (Å²) in [6.45, 7) is 4.87. The molecule has 1 aromatic rings. The number of rotatable bonds is 4. The third kappa shape index (κ3) is 7.87. The summed E-state index contributed by atoms with van der Waals surface area (Å²) < 4.78 is 0. The lowest BCUT2D eigenvalue weighted by atomic mass is 10.3. The quantitative estimate of drug-likeness (QED) is 0.852. The van der Waals surface area contributed by atoms with Crippen molar-refractivity contribution in [3.05, 3.63) is 30.1 Å². The smallest absolute Gasteiger partial charge is 0.234 e. The van der Waals surface area contributed by atoms with E-state index < -0.39 is 0 Å². The molecule has 0 saturated carbocycles. The van der Waals surface area contributed by atoms with Crippen LogP contribution in [0.15, 0.2) is 24.5 Å². The van der Waals surface area contributed by atoms with Gasteiger partial charge in [0.05, 0.1) is 6.54 Å². The van der Waals surface area contributed by atoms with E-state index in [1.165, 1.54) is 0 Å². The molecule has 1 saturated heterocycles. The van der Waals surface area contributed by atoms with Gasteiger partial charge < -0.3 is 10.6 Å². The predicted octanol–water partition coefficient (Wildman–Crippen LogP) is 0.868. The van der Waals surface area contributed by atoms with E-state index in [0.717, 1.165) is 31.7 Å². The molecule has 5 nitrogen and oxygen atoms in total. The van der Waals surface area contributed by atoms with Crippen LogP contribution in [0.25, 0.3) is 0 Å². The highest BCUT2D eigenvalue weighted by atomic mass is 35.5. The van der Waals surface area contributed by atoms with Crippen LogP contribution in [0.4, 0.5) is 0 Å². The Hall–Kier alpha value is -0.590. The Kier molecular flexibility index (Phi) is 13.2. The molecule has 0 bridgehead atoms. The number of piperazine rings is 1. The minimum absolute atomic E-state index is 0. The van der Waals surface area contributed by atoms with Crippen LogP contribution in [0, 0.1) is 0 Å². The lowest BCUT2D eigenvalue weighted by Crippen LogP contribution is -2.47. The molecule has 2 N–H and O–H groups in total. The van der Waals surface area contributed by atoms with Gasteiger partial charge in [-0.15, -0.1) is 37.2 Å². The summed E-state index contributed by atoms with van der Waals surface area (Å²) in [6, 6.07) is 3.83. The molecular formula is C12H21Cl3N4O. The van der Waals surface area contributed by atoms with Crippen LogP contribution >= 0.6 is 37.2 Å². The van der Waals surface area contributed by atoms with Gasteiger partial charge in [0.25, 0.3) is 0 Å². The number of hydrogen-bond donors (Lipinski definition) is 2. The van der Waals surface area contributed by atoms with E-state index in [4.69, 9.17) is 0 Å². The monoisotopic (exact) mass is 342 g/mol. The Morgan fingerprint density at radius 2 is 2.00 bits per heavy atom. The first-order chi connectivity index (χ1) is 8.34. The van der Waals surface area contributed by atoms with Gasteiger partial charge in [-0.1, -0.05) is 6.07 Å². The van der Waals surface area contributed by atoms with Gasteiger partial charge in [0, 0.05) is 45.1 Å². The van der Waals surface area contributed by atoms with Gasteiger partial charge >= 0.3 is 0 Å². The van der Waals surface area contributed by atoms with E-state index in [1.807, 2.05) is 12.1 Å². The van der Waals surface area contributed by atoms with E-state index in [0.29, 0.717) is 13.1 Å². The molecular weight excluding hydrogens is 323 g/mol. The second-order valence-electron chi connectivity index (χ2n) is 4.16. The molecule has 0 aromatic carbocycles. The van der Waals surface area contributed by atoms with Gasteiger partial charge in [-0.2, -0.15) is 0 Å². The molecule has 2 rings (SSSR count). The number of aromatic nitrogens is 1. The lowest BCUT2D eigenvalue weighted by molar-refractivity contribution is -0.122. The molecule has 1 fully saturated rings.